The molecule has 0 atom stereocenters. The Hall–Kier alpha value is -11.6. The van der Waals surface area contributed by atoms with E-state index in [1.165, 1.54) is 44.5 Å². The van der Waals surface area contributed by atoms with E-state index in [1.807, 2.05) is 146 Å². The van der Waals surface area contributed by atoms with Crippen LogP contribution in [0.15, 0.2) is 194 Å². The van der Waals surface area contributed by atoms with Gasteiger partial charge in [-0.05, 0) is 229 Å². The molecule has 0 amide bonds. The molecule has 0 aliphatic carbocycles. The molecule has 0 saturated heterocycles. The second-order valence-electron chi connectivity index (χ2n) is 39.0. The van der Waals surface area contributed by atoms with Gasteiger partial charge < -0.3 is 29.9 Å². The predicted octanol–water partition coefficient (Wildman–Crippen LogP) is 27.2. The molecule has 15 heterocycles. The first-order valence-electron chi connectivity index (χ1n) is 44.7. The van der Waals surface area contributed by atoms with Crippen molar-refractivity contribution in [2.45, 2.75) is 167 Å². The predicted molar refractivity (Wildman–Crippen MR) is 529 cm³/mol. The number of aromatic nitrogens is 12. The van der Waals surface area contributed by atoms with E-state index in [4.69, 9.17) is 26.1 Å². The Kier molecular flexibility index (Phi) is 29.4. The Bertz CT molecular complexity index is 6570. The minimum atomic E-state index is -0.0788. The fraction of sp³-hybridized carbons (Fsp3) is 0.257. The van der Waals surface area contributed by atoms with Gasteiger partial charge in [0, 0.05) is 0 Å². The molecule has 130 heavy (non-hydrogen) atoms. The summed E-state index contributed by atoms with van der Waals surface area (Å²) in [6, 6.07) is 69.3. The number of benzene rings is 4. The summed E-state index contributed by atoms with van der Waals surface area (Å²) in [4.78, 5) is 59.9. The number of fused-ring (bicyclic) bond motifs is 24. The van der Waals surface area contributed by atoms with Crippen LogP contribution in [0.1, 0.15) is 231 Å². The van der Waals surface area contributed by atoms with E-state index in [9.17, 15) is 0 Å². The van der Waals surface area contributed by atoms with Crippen molar-refractivity contribution in [3.63, 3.8) is 0 Å². The minimum absolute atomic E-state index is 0. The molecule has 17 heteroatoms. The average molecular weight is 1870 g/mol. The molecule has 9 aromatic heterocycles. The third-order valence-electron chi connectivity index (χ3n) is 22.9. The van der Waals surface area contributed by atoms with Gasteiger partial charge in [-0.15, -0.1) is 66.2 Å². The quantitative estimate of drug-likeness (QED) is 0.105. The molecule has 0 unspecified atom stereocenters. The van der Waals surface area contributed by atoms with Crippen LogP contribution < -0.4 is 29.9 Å². The summed E-state index contributed by atoms with van der Waals surface area (Å²) < 4.78 is 16.6. The molecule has 4 aromatic carbocycles. The van der Waals surface area contributed by atoms with Crippen molar-refractivity contribution in [1.29, 1.82) is 0 Å². The average Bonchev–Trinajstić information content (AvgIpc) is 1.59. The van der Waals surface area contributed by atoms with E-state index >= 15 is 0 Å². The van der Waals surface area contributed by atoms with E-state index in [2.05, 4.69) is 286 Å². The summed E-state index contributed by atoms with van der Waals surface area (Å²) in [7, 11) is 0. The number of rotatable bonds is 12. The van der Waals surface area contributed by atoms with Gasteiger partial charge in [0.1, 0.15) is 0 Å². The monoisotopic (exact) mass is 1870 g/mol. The van der Waals surface area contributed by atoms with Gasteiger partial charge in [0.05, 0.1) is 68.3 Å². The number of hydrogen-bond donors (Lipinski definition) is 0. The Morgan fingerprint density at radius 2 is 0.469 bits per heavy atom. The van der Waals surface area contributed by atoms with Crippen LogP contribution in [0.4, 0.5) is 0 Å². The summed E-state index contributed by atoms with van der Waals surface area (Å²) in [6.45, 7) is 41.5. The number of hydrogen-bond acceptors (Lipinski definition) is 8. The van der Waals surface area contributed by atoms with E-state index in [-0.39, 0.29) is 33.3 Å². The summed E-state index contributed by atoms with van der Waals surface area (Å²) in [5.74, 6) is 1.99. The Balaban J connectivity index is 0.000000205. The van der Waals surface area contributed by atoms with Crippen LogP contribution in [0.25, 0.3) is 184 Å². The molecule has 0 N–H and O–H groups in total. The van der Waals surface area contributed by atoms with Crippen LogP contribution >= 0.6 is 0 Å². The summed E-state index contributed by atoms with van der Waals surface area (Å²) in [5, 5.41) is 0. The van der Waals surface area contributed by atoms with Crippen molar-refractivity contribution in [2.75, 3.05) is 0 Å². The topological polar surface area (TPSA) is 196 Å². The zero-order chi connectivity index (χ0) is 91.3. The molecule has 24 bridgehead atoms. The summed E-state index contributed by atoms with van der Waals surface area (Å²) in [6.07, 6.45) is 28.7. The third-order valence-corrected chi connectivity index (χ3v) is 22.9. The molecule has 6 aliphatic rings. The van der Waals surface area contributed by atoms with Crippen molar-refractivity contribution in [2.24, 2.45) is 23.7 Å². The maximum atomic E-state index is 8.34. The molecular weight excluding hydrogens is 1760 g/mol. The molecule has 0 spiro atoms. The number of aryl methyl sites for hydroxylation is 1. The van der Waals surface area contributed by atoms with Gasteiger partial charge in [0.25, 0.3) is 0 Å². The van der Waals surface area contributed by atoms with Crippen LogP contribution in [-0.4, -0.2) is 29.9 Å². The van der Waals surface area contributed by atoms with E-state index in [0.717, 1.165) is 225 Å². The normalized spacial score (nSPS) is 12.5. The first-order chi connectivity index (χ1) is 61.8. The summed E-state index contributed by atoms with van der Waals surface area (Å²) >= 11 is 1.05. The molecule has 1 radical (unpaired) electrons. The molecule has 6 aliphatic heterocycles. The van der Waals surface area contributed by atoms with Gasteiger partial charge in [0.15, 0.2) is 0 Å². The Morgan fingerprint density at radius 3 is 0.692 bits per heavy atom. The fourth-order valence-electron chi connectivity index (χ4n) is 17.1. The van der Waals surface area contributed by atoms with Crippen LogP contribution in [0.3, 0.4) is 0 Å². The molecule has 0 saturated carbocycles. The van der Waals surface area contributed by atoms with Crippen molar-refractivity contribution in [1.82, 2.24) is 59.8 Å². The first-order valence-corrected chi connectivity index (χ1v) is 46.3. The fourth-order valence-corrected chi connectivity index (χ4v) is 17.1. The van der Waals surface area contributed by atoms with Crippen LogP contribution in [-0.2, 0) is 110 Å². The zero-order valence-corrected chi connectivity index (χ0v) is 82.5. The Morgan fingerprint density at radius 1 is 0.262 bits per heavy atom. The van der Waals surface area contributed by atoms with Gasteiger partial charge in [-0.3, -0.25) is 0 Å². The van der Waals surface area contributed by atoms with Crippen molar-refractivity contribution >= 4 is 139 Å². The maximum absolute atomic E-state index is 8.34. The second kappa shape index (κ2) is 40.4. The zero-order valence-electron chi connectivity index (χ0n) is 77.5. The molecule has 0 fully saturated rings. The number of nitrogens with zero attached hydrogens (tertiary/aromatic N) is 12. The van der Waals surface area contributed by atoms with Crippen LogP contribution in [0.5, 0.6) is 0 Å². The molecular formula is C113H110CuN12O2TiZr. The molecule has 19 rings (SSSR count). The van der Waals surface area contributed by atoms with Gasteiger partial charge in [-0.1, -0.05) is 317 Å². The van der Waals surface area contributed by atoms with Gasteiger partial charge in [-0.25, -0.2) is 29.9 Å². The second-order valence-corrected chi connectivity index (χ2v) is 39.0. The van der Waals surface area contributed by atoms with Gasteiger partial charge in [-0.2, -0.15) is 0 Å². The SMILES string of the molecule is C1=Cc2cc3ccc(cc4nc(cc5ccc(cc1n2)[n-]5)C=C4)[n-]3.C1=Cc2cc3ccc(cc4nc(cc5ccc(cc1n2)[n-]5)C=C4)[n-]3.Cc1cc(-c2c3nc(c(-c4cc(CC(C)C)cc(C(C)(C)C)c4)c4ccc([n-]4)c(-c4cc(CC(C)C)cc(CC(C)C)c4)c4nc(c(-c5cc(CC(C)C)cc(C(C)(C)C)c5)c5ccc2[n-]5)C=C4)C=C3)cc(C(C)(C)C)c1.[Cu+2].[O]=[Ti+2].[O]=[Zr+2]. The van der Waals surface area contributed by atoms with Gasteiger partial charge in [0.2, 0.25) is 0 Å². The van der Waals surface area contributed by atoms with Crippen molar-refractivity contribution in [3.8, 4) is 44.5 Å². The molecule has 14 nitrogen and oxygen atoms in total. The Labute approximate surface area is 802 Å². The molecule has 13 aromatic rings. The van der Waals surface area contributed by atoms with Crippen molar-refractivity contribution in [3.05, 3.63) is 307 Å². The standard InChI is InChI=1S/C73H86N4.2C20H12N4.Cu.2O.Ti.Zr/c1-43(2)27-48-33-49(28-44(3)4)35-53(34-48)68-61-21-25-65(76-61)69(54-36-50(29-45(5)6)38-57(41-54)72(13,14)15)63-23-19-59(74-63)67(52-31-47(9)32-56(40-52)71(10,11)12)60-20-24-64(75-60)70(66-26-22-62(68)77-66)55-37-51(30-46(7)8)39-58(42-55)73(16,17)18;2*1-2-14-10-16-5-6-18(23-16)12-20-8-7-19(24-20)11-17-4-3-15(22-17)9-13(1)21-14;;;;;/h19-26,31-46H,27-30H2,1-18H3;2*1-12H;;;;;/q3*-2;+2;;;2*+2. The van der Waals surface area contributed by atoms with E-state index < -0.39 is 0 Å². The third kappa shape index (κ3) is 23.2. The molecule has 653 valence electrons. The van der Waals surface area contributed by atoms with Crippen LogP contribution in [0.2, 0.25) is 0 Å². The summed E-state index contributed by atoms with van der Waals surface area (Å²) in [5.41, 5.74) is 40.3. The van der Waals surface area contributed by atoms with E-state index in [1.54, 1.807) is 0 Å². The van der Waals surface area contributed by atoms with Gasteiger partial charge >= 0.3 is 68.3 Å². The first kappa shape index (κ1) is 94.5. The van der Waals surface area contributed by atoms with Crippen molar-refractivity contribution < 1.29 is 68.3 Å². The van der Waals surface area contributed by atoms with E-state index in [0.29, 0.717) is 48.4 Å². The van der Waals surface area contributed by atoms with Crippen LogP contribution in [0, 0.1) is 30.6 Å².